The molecule has 0 heterocycles. The van der Waals surface area contributed by atoms with Gasteiger partial charge in [-0.25, -0.2) is 9.59 Å². The van der Waals surface area contributed by atoms with Crippen molar-refractivity contribution in [2.75, 3.05) is 6.61 Å². The topological polar surface area (TPSA) is 188 Å². The summed E-state index contributed by atoms with van der Waals surface area (Å²) in [5, 5.41) is 42.2. The molecule has 0 saturated carbocycles. The van der Waals surface area contributed by atoms with Crippen LogP contribution >= 0.6 is 0 Å². The van der Waals surface area contributed by atoms with Crippen LogP contribution < -0.4 is 10.1 Å². The van der Waals surface area contributed by atoms with Crippen molar-refractivity contribution in [3.63, 3.8) is 0 Å². The fourth-order valence-corrected chi connectivity index (χ4v) is 5.73. The van der Waals surface area contributed by atoms with Crippen LogP contribution in [0.3, 0.4) is 0 Å². The van der Waals surface area contributed by atoms with Gasteiger partial charge in [0.2, 0.25) is 5.91 Å². The van der Waals surface area contributed by atoms with Gasteiger partial charge in [-0.2, -0.15) is 0 Å². The van der Waals surface area contributed by atoms with E-state index in [1.54, 1.807) is 24.3 Å². The van der Waals surface area contributed by atoms with Gasteiger partial charge in [0.1, 0.15) is 17.6 Å². The molecular formula is C39H61NO10. The zero-order valence-corrected chi connectivity index (χ0v) is 30.2. The first-order valence-corrected chi connectivity index (χ1v) is 18.5. The number of hydrogen-bond donors (Lipinski definition) is 5. The van der Waals surface area contributed by atoms with Crippen LogP contribution in [0.2, 0.25) is 0 Å². The normalized spacial score (nSPS) is 13.7. The second-order valence-electron chi connectivity index (χ2n) is 13.2. The van der Waals surface area contributed by atoms with E-state index in [4.69, 9.17) is 4.74 Å². The van der Waals surface area contributed by atoms with Crippen molar-refractivity contribution in [3.05, 3.63) is 42.0 Å². The van der Waals surface area contributed by atoms with Gasteiger partial charge < -0.3 is 30.5 Å². The summed E-state index contributed by atoms with van der Waals surface area (Å²) < 4.78 is 5.78. The van der Waals surface area contributed by atoms with Gasteiger partial charge in [-0.05, 0) is 49.8 Å². The second kappa shape index (κ2) is 26.1. The molecule has 1 aromatic rings. The lowest BCUT2D eigenvalue weighted by molar-refractivity contribution is -0.172. The summed E-state index contributed by atoms with van der Waals surface area (Å²) in [7, 11) is 0. The van der Waals surface area contributed by atoms with Crippen molar-refractivity contribution >= 4 is 29.6 Å². The van der Waals surface area contributed by atoms with Crippen molar-refractivity contribution in [3.8, 4) is 5.75 Å². The SMILES string of the molecule is CCCCCCCCOc1ccc(C[C@H](NC(=O)[C@@H](/C=C/CCCCCCC(=O)CCCCCCC)[C@@](O)(CC(=O)O)C(=O)O)C(=O)O)cc1. The van der Waals surface area contributed by atoms with Gasteiger partial charge in [0.05, 0.1) is 18.9 Å². The quantitative estimate of drug-likeness (QED) is 0.0389. The van der Waals surface area contributed by atoms with Gasteiger partial charge in [0.25, 0.3) is 0 Å². The molecule has 0 saturated heterocycles. The highest BCUT2D eigenvalue weighted by Gasteiger charge is 2.49. The Balaban J connectivity index is 2.77. The highest BCUT2D eigenvalue weighted by atomic mass is 16.5. The molecule has 1 aromatic carbocycles. The number of allylic oxidation sites excluding steroid dienone is 1. The van der Waals surface area contributed by atoms with Crippen molar-refractivity contribution in [2.45, 2.75) is 154 Å². The monoisotopic (exact) mass is 703 g/mol. The van der Waals surface area contributed by atoms with Gasteiger partial charge in [-0.3, -0.25) is 14.4 Å². The molecule has 0 aromatic heterocycles. The molecule has 282 valence electrons. The van der Waals surface area contributed by atoms with Crippen LogP contribution in [0, 0.1) is 5.92 Å². The summed E-state index contributed by atoms with van der Waals surface area (Å²) in [6.45, 7) is 4.89. The lowest BCUT2D eigenvalue weighted by Crippen LogP contribution is -2.55. The Kier molecular flexibility index (Phi) is 23.1. The van der Waals surface area contributed by atoms with Crippen LogP contribution in [0.25, 0.3) is 0 Å². The number of unbranched alkanes of at least 4 members (excludes halogenated alkanes) is 13. The Labute approximate surface area is 297 Å². The minimum atomic E-state index is -3.01. The molecule has 3 atom stereocenters. The number of carbonyl (C=O) groups is 5. The number of carbonyl (C=O) groups excluding carboxylic acids is 2. The van der Waals surface area contributed by atoms with Crippen LogP contribution in [0.15, 0.2) is 36.4 Å². The average molecular weight is 704 g/mol. The molecule has 0 aliphatic heterocycles. The predicted molar refractivity (Wildman–Crippen MR) is 192 cm³/mol. The zero-order valence-electron chi connectivity index (χ0n) is 30.2. The van der Waals surface area contributed by atoms with Crippen LogP contribution in [0.4, 0.5) is 0 Å². The van der Waals surface area contributed by atoms with E-state index in [1.165, 1.54) is 38.2 Å². The summed E-state index contributed by atoms with van der Waals surface area (Å²) in [6, 6.07) is 5.30. The molecule has 0 spiro atoms. The lowest BCUT2D eigenvalue weighted by Gasteiger charge is -2.29. The maximum atomic E-state index is 13.4. The summed E-state index contributed by atoms with van der Waals surface area (Å²) in [5.74, 6) is -7.01. The molecule has 1 amide bonds. The third-order valence-electron chi connectivity index (χ3n) is 8.80. The van der Waals surface area contributed by atoms with E-state index in [1.807, 2.05) is 0 Å². The van der Waals surface area contributed by atoms with Crippen LogP contribution in [-0.4, -0.2) is 68.3 Å². The number of aliphatic carboxylic acids is 3. The van der Waals surface area contributed by atoms with Crippen molar-refractivity contribution in [1.29, 1.82) is 0 Å². The summed E-state index contributed by atoms with van der Waals surface area (Å²) in [6.07, 6.45) is 18.2. The highest BCUT2D eigenvalue weighted by molar-refractivity contribution is 5.94. The van der Waals surface area contributed by atoms with Gasteiger partial charge >= 0.3 is 17.9 Å². The van der Waals surface area contributed by atoms with E-state index in [2.05, 4.69) is 19.2 Å². The third kappa shape index (κ3) is 18.9. The van der Waals surface area contributed by atoms with Crippen LogP contribution in [0.5, 0.6) is 5.75 Å². The minimum absolute atomic E-state index is 0.138. The number of aliphatic hydroxyl groups is 1. The number of ketones is 1. The number of carboxylic acids is 3. The Morgan fingerprint density at radius 3 is 1.84 bits per heavy atom. The maximum absolute atomic E-state index is 13.4. The Morgan fingerprint density at radius 2 is 1.30 bits per heavy atom. The standard InChI is InChI=1S/C39H61NO10/c1-3-5-7-9-15-19-27-50-32-25-23-30(24-26-32)28-34(37(45)46)40-36(44)33(39(49,38(47)48)29-35(42)43)22-18-14-11-10-13-17-21-31(41)20-16-12-8-6-4-2/h18,22-26,33-34,49H,3-17,19-21,27-29H2,1-2H3,(H,40,44)(H,42,43)(H,45,46)(H,47,48)/b22-18+/t33-,34+,39+/m1/s1. The predicted octanol–water partition coefficient (Wildman–Crippen LogP) is 7.27. The molecule has 0 fully saturated rings. The minimum Gasteiger partial charge on any atom is -0.494 e. The van der Waals surface area contributed by atoms with E-state index in [-0.39, 0.29) is 12.2 Å². The number of Topliss-reactive ketones (excluding diaryl/α,β-unsaturated/α-hetero) is 1. The zero-order chi connectivity index (χ0) is 37.2. The van der Waals surface area contributed by atoms with Gasteiger partial charge in [-0.1, -0.05) is 109 Å². The molecule has 0 radical (unpaired) electrons. The molecule has 5 N–H and O–H groups in total. The first kappa shape index (κ1) is 44.3. The third-order valence-corrected chi connectivity index (χ3v) is 8.80. The molecule has 50 heavy (non-hydrogen) atoms. The Bertz CT molecular complexity index is 1180. The Hall–Kier alpha value is -3.73. The maximum Gasteiger partial charge on any atom is 0.337 e. The van der Waals surface area contributed by atoms with Crippen LogP contribution in [-0.2, 0) is 30.4 Å². The first-order chi connectivity index (χ1) is 23.9. The number of benzene rings is 1. The fraction of sp³-hybridized carbons (Fsp3) is 0.667. The van der Waals surface area contributed by atoms with Crippen molar-refractivity contribution in [1.82, 2.24) is 5.32 Å². The number of ether oxygens (including phenoxy) is 1. The molecule has 11 nitrogen and oxygen atoms in total. The molecule has 0 aliphatic carbocycles. The average Bonchev–Trinajstić information content (AvgIpc) is 3.06. The molecule has 0 unspecified atom stereocenters. The fourth-order valence-electron chi connectivity index (χ4n) is 5.73. The number of carboxylic acid groups (broad SMARTS) is 3. The van der Waals surface area contributed by atoms with E-state index in [0.29, 0.717) is 43.6 Å². The number of rotatable bonds is 31. The van der Waals surface area contributed by atoms with Crippen molar-refractivity contribution < 1.29 is 49.1 Å². The number of hydrogen-bond acceptors (Lipinski definition) is 7. The van der Waals surface area contributed by atoms with Crippen LogP contribution in [0.1, 0.15) is 141 Å². The van der Waals surface area contributed by atoms with E-state index < -0.39 is 47.8 Å². The van der Waals surface area contributed by atoms with Gasteiger partial charge in [0, 0.05) is 19.3 Å². The molecule has 11 heteroatoms. The molecule has 0 aliphatic rings. The second-order valence-corrected chi connectivity index (χ2v) is 13.2. The Morgan fingerprint density at radius 1 is 0.760 bits per heavy atom. The van der Waals surface area contributed by atoms with Gasteiger partial charge in [-0.15, -0.1) is 0 Å². The van der Waals surface area contributed by atoms with E-state index in [9.17, 15) is 44.4 Å². The van der Waals surface area contributed by atoms with Crippen molar-refractivity contribution in [2.24, 2.45) is 5.92 Å². The summed E-state index contributed by atoms with van der Waals surface area (Å²) >= 11 is 0. The van der Waals surface area contributed by atoms with E-state index >= 15 is 0 Å². The smallest absolute Gasteiger partial charge is 0.337 e. The first-order valence-electron chi connectivity index (χ1n) is 18.5. The number of amides is 1. The highest BCUT2D eigenvalue weighted by Crippen LogP contribution is 2.26. The molecular weight excluding hydrogens is 642 g/mol. The lowest BCUT2D eigenvalue weighted by atomic mass is 9.82. The number of nitrogens with one attached hydrogen (secondary N) is 1. The van der Waals surface area contributed by atoms with E-state index in [0.717, 1.165) is 63.9 Å². The van der Waals surface area contributed by atoms with Gasteiger partial charge in [0.15, 0.2) is 5.60 Å². The molecule has 1 rings (SSSR count). The summed E-state index contributed by atoms with van der Waals surface area (Å²) in [5.41, 5.74) is -2.44. The molecule has 0 bridgehead atoms. The largest absolute Gasteiger partial charge is 0.494 e. The summed E-state index contributed by atoms with van der Waals surface area (Å²) in [4.78, 5) is 61.2.